The predicted octanol–water partition coefficient (Wildman–Crippen LogP) is 2.72. The van der Waals surface area contributed by atoms with E-state index < -0.39 is 0 Å². The van der Waals surface area contributed by atoms with E-state index in [0.717, 1.165) is 23.8 Å². The molecule has 17 heavy (non-hydrogen) atoms. The Morgan fingerprint density at radius 2 is 2.06 bits per heavy atom. The summed E-state index contributed by atoms with van der Waals surface area (Å²) in [5, 5.41) is 3.47. The van der Waals surface area contributed by atoms with Crippen LogP contribution in [0.15, 0.2) is 18.2 Å². The smallest absolute Gasteiger partial charge is 0.127 e. The second-order valence-electron chi connectivity index (χ2n) is 3.67. The lowest BCUT2D eigenvalue weighted by Gasteiger charge is -2.20. The van der Waals surface area contributed by atoms with Gasteiger partial charge in [-0.15, -0.1) is 0 Å². The first-order chi connectivity index (χ1) is 8.26. The van der Waals surface area contributed by atoms with Gasteiger partial charge in [-0.05, 0) is 18.9 Å². The molecule has 0 saturated carbocycles. The molecule has 0 heterocycles. The summed E-state index contributed by atoms with van der Waals surface area (Å²) >= 11 is 1.82. The molecule has 3 nitrogen and oxygen atoms in total. The number of rotatable bonds is 7. The summed E-state index contributed by atoms with van der Waals surface area (Å²) in [7, 11) is 3.36. The van der Waals surface area contributed by atoms with Crippen LogP contribution in [0.2, 0.25) is 0 Å². The molecule has 96 valence electrons. The fourth-order valence-electron chi connectivity index (χ4n) is 1.78. The highest BCUT2D eigenvalue weighted by molar-refractivity contribution is 7.98. The lowest BCUT2D eigenvalue weighted by molar-refractivity contribution is 0.386. The minimum Gasteiger partial charge on any atom is -0.497 e. The van der Waals surface area contributed by atoms with E-state index in [1.165, 1.54) is 5.56 Å². The molecule has 0 amide bonds. The minimum absolute atomic E-state index is 0.316. The third-order valence-electron chi connectivity index (χ3n) is 2.60. The van der Waals surface area contributed by atoms with Crippen molar-refractivity contribution in [3.05, 3.63) is 23.8 Å². The Morgan fingerprint density at radius 3 is 2.59 bits per heavy atom. The minimum atomic E-state index is 0.316. The average Bonchev–Trinajstić information content (AvgIpc) is 2.37. The monoisotopic (exact) mass is 255 g/mol. The first-order valence-corrected chi connectivity index (χ1v) is 7.10. The average molecular weight is 255 g/mol. The molecule has 4 heteroatoms. The van der Waals surface area contributed by atoms with Gasteiger partial charge in [0.2, 0.25) is 0 Å². The number of thioether (sulfide) groups is 1. The van der Waals surface area contributed by atoms with Crippen LogP contribution in [-0.2, 0) is 0 Å². The van der Waals surface area contributed by atoms with Crippen LogP contribution in [0.25, 0.3) is 0 Å². The van der Waals surface area contributed by atoms with E-state index >= 15 is 0 Å². The van der Waals surface area contributed by atoms with Crippen LogP contribution in [0.5, 0.6) is 11.5 Å². The maximum Gasteiger partial charge on any atom is 0.127 e. The molecule has 0 aliphatic heterocycles. The van der Waals surface area contributed by atoms with E-state index in [-0.39, 0.29) is 0 Å². The number of hydrogen-bond donors (Lipinski definition) is 1. The van der Waals surface area contributed by atoms with Crippen LogP contribution < -0.4 is 14.8 Å². The molecular weight excluding hydrogens is 234 g/mol. The first-order valence-electron chi connectivity index (χ1n) is 5.71. The molecule has 0 aromatic heterocycles. The van der Waals surface area contributed by atoms with Crippen molar-refractivity contribution in [1.29, 1.82) is 0 Å². The van der Waals surface area contributed by atoms with Crippen molar-refractivity contribution >= 4 is 11.8 Å². The van der Waals surface area contributed by atoms with Gasteiger partial charge >= 0.3 is 0 Å². The molecule has 0 saturated heterocycles. The van der Waals surface area contributed by atoms with Gasteiger partial charge in [0.25, 0.3) is 0 Å². The highest BCUT2D eigenvalue weighted by atomic mass is 32.2. The zero-order valence-electron chi connectivity index (χ0n) is 10.9. The zero-order valence-corrected chi connectivity index (χ0v) is 11.8. The highest BCUT2D eigenvalue weighted by Crippen LogP contribution is 2.30. The maximum absolute atomic E-state index is 5.43. The molecule has 1 aromatic carbocycles. The molecule has 1 N–H and O–H groups in total. The Bertz CT molecular complexity index is 338. The number of hydrogen-bond acceptors (Lipinski definition) is 4. The van der Waals surface area contributed by atoms with Crippen LogP contribution in [0, 0.1) is 0 Å². The van der Waals surface area contributed by atoms with Crippen LogP contribution in [-0.4, -0.2) is 32.8 Å². The lowest BCUT2D eigenvalue weighted by Crippen LogP contribution is -2.23. The van der Waals surface area contributed by atoms with Gasteiger partial charge in [-0.2, -0.15) is 11.8 Å². The molecule has 0 aliphatic carbocycles. The van der Waals surface area contributed by atoms with E-state index in [1.807, 2.05) is 23.9 Å². The van der Waals surface area contributed by atoms with Crippen molar-refractivity contribution in [1.82, 2.24) is 5.32 Å². The number of methoxy groups -OCH3 is 2. The second-order valence-corrected chi connectivity index (χ2v) is 4.58. The SMILES string of the molecule is CCNC(CSC)c1ccc(OC)cc1OC. The molecule has 1 unspecified atom stereocenters. The topological polar surface area (TPSA) is 30.5 Å². The first kappa shape index (κ1) is 14.2. The molecule has 1 rings (SSSR count). The van der Waals surface area contributed by atoms with Crippen LogP contribution in [0.4, 0.5) is 0 Å². The zero-order chi connectivity index (χ0) is 12.7. The summed E-state index contributed by atoms with van der Waals surface area (Å²) in [6.45, 7) is 3.06. The predicted molar refractivity (Wildman–Crippen MR) is 74.3 cm³/mol. The number of nitrogens with one attached hydrogen (secondary N) is 1. The van der Waals surface area contributed by atoms with Crippen molar-refractivity contribution in [3.8, 4) is 11.5 Å². The van der Waals surface area contributed by atoms with Gasteiger partial charge in [-0.25, -0.2) is 0 Å². The van der Waals surface area contributed by atoms with E-state index in [1.54, 1.807) is 14.2 Å². The summed E-state index contributed by atoms with van der Waals surface area (Å²) in [5.41, 5.74) is 1.18. The van der Waals surface area contributed by atoms with Gasteiger partial charge in [-0.3, -0.25) is 0 Å². The third kappa shape index (κ3) is 3.82. The maximum atomic E-state index is 5.43. The third-order valence-corrected chi connectivity index (χ3v) is 3.27. The van der Waals surface area contributed by atoms with Crippen LogP contribution in [0.1, 0.15) is 18.5 Å². The molecular formula is C13H21NO2S. The van der Waals surface area contributed by atoms with Crippen LogP contribution in [0.3, 0.4) is 0 Å². The van der Waals surface area contributed by atoms with Gasteiger partial charge in [0, 0.05) is 23.4 Å². The van der Waals surface area contributed by atoms with E-state index in [4.69, 9.17) is 9.47 Å². The van der Waals surface area contributed by atoms with Gasteiger partial charge < -0.3 is 14.8 Å². The van der Waals surface area contributed by atoms with Crippen molar-refractivity contribution < 1.29 is 9.47 Å². The standard InChI is InChI=1S/C13H21NO2S/c1-5-14-12(9-17-4)11-7-6-10(15-2)8-13(11)16-3/h6-8,12,14H,5,9H2,1-4H3. The number of ether oxygens (including phenoxy) is 2. The van der Waals surface area contributed by atoms with Crippen molar-refractivity contribution in [2.24, 2.45) is 0 Å². The van der Waals surface area contributed by atoms with Crippen molar-refractivity contribution in [2.75, 3.05) is 32.8 Å². The molecule has 0 spiro atoms. The van der Waals surface area contributed by atoms with Crippen molar-refractivity contribution in [2.45, 2.75) is 13.0 Å². The molecule has 0 fully saturated rings. The molecule has 0 bridgehead atoms. The van der Waals surface area contributed by atoms with Gasteiger partial charge in [0.1, 0.15) is 11.5 Å². The Hall–Kier alpha value is -0.870. The largest absolute Gasteiger partial charge is 0.497 e. The van der Waals surface area contributed by atoms with E-state index in [9.17, 15) is 0 Å². The summed E-state index contributed by atoms with van der Waals surface area (Å²) in [6.07, 6.45) is 2.11. The Labute approximate surface area is 108 Å². The summed E-state index contributed by atoms with van der Waals surface area (Å²) < 4.78 is 10.6. The Balaban J connectivity index is 2.99. The summed E-state index contributed by atoms with van der Waals surface area (Å²) in [4.78, 5) is 0. The fourth-order valence-corrected chi connectivity index (χ4v) is 2.41. The van der Waals surface area contributed by atoms with E-state index in [2.05, 4.69) is 24.6 Å². The normalized spacial score (nSPS) is 12.2. The molecule has 1 aromatic rings. The lowest BCUT2D eigenvalue weighted by atomic mass is 10.1. The quantitative estimate of drug-likeness (QED) is 0.811. The number of benzene rings is 1. The summed E-state index contributed by atoms with van der Waals surface area (Å²) in [5.74, 6) is 2.73. The molecule has 0 radical (unpaired) electrons. The van der Waals surface area contributed by atoms with E-state index in [0.29, 0.717) is 6.04 Å². The van der Waals surface area contributed by atoms with Crippen LogP contribution >= 0.6 is 11.8 Å². The molecule has 1 atom stereocenters. The van der Waals surface area contributed by atoms with Gasteiger partial charge in [-0.1, -0.05) is 13.0 Å². The highest BCUT2D eigenvalue weighted by Gasteiger charge is 2.15. The molecule has 0 aliphatic rings. The second kappa shape index (κ2) is 7.45. The van der Waals surface area contributed by atoms with Gasteiger partial charge in [0.05, 0.1) is 14.2 Å². The Kier molecular flexibility index (Phi) is 6.22. The fraction of sp³-hybridized carbons (Fsp3) is 0.538. The Morgan fingerprint density at radius 1 is 1.29 bits per heavy atom. The van der Waals surface area contributed by atoms with Gasteiger partial charge in [0.15, 0.2) is 0 Å². The van der Waals surface area contributed by atoms with Crippen molar-refractivity contribution in [3.63, 3.8) is 0 Å². The summed E-state index contributed by atoms with van der Waals surface area (Å²) in [6, 6.07) is 6.29.